The molecular formula is C28H35F3N2O. The van der Waals surface area contributed by atoms with Crippen LogP contribution in [0.2, 0.25) is 0 Å². The van der Waals surface area contributed by atoms with Gasteiger partial charge in [-0.1, -0.05) is 55.6 Å². The predicted molar refractivity (Wildman–Crippen MR) is 130 cm³/mol. The average Bonchev–Trinajstić information content (AvgIpc) is 2.85. The van der Waals surface area contributed by atoms with Crippen molar-refractivity contribution in [3.63, 3.8) is 0 Å². The van der Waals surface area contributed by atoms with Gasteiger partial charge in [0.05, 0.1) is 14.0 Å². The lowest BCUT2D eigenvalue weighted by Crippen LogP contribution is -2.36. The van der Waals surface area contributed by atoms with Crippen molar-refractivity contribution in [3.05, 3.63) is 69.8 Å². The quantitative estimate of drug-likeness (QED) is 0.291. The molecule has 0 aromatic heterocycles. The number of halogens is 3. The van der Waals surface area contributed by atoms with Gasteiger partial charge in [-0.25, -0.2) is 0 Å². The highest BCUT2D eigenvalue weighted by molar-refractivity contribution is 5.98. The van der Waals surface area contributed by atoms with Gasteiger partial charge in [-0.05, 0) is 91.5 Å². The second kappa shape index (κ2) is 10.9. The second-order valence-electron chi connectivity index (χ2n) is 9.23. The molecule has 2 fully saturated rings. The van der Waals surface area contributed by atoms with Gasteiger partial charge in [-0.2, -0.15) is 13.2 Å². The molecule has 0 spiro atoms. The number of hydrogen-bond donors (Lipinski definition) is 0. The van der Waals surface area contributed by atoms with E-state index in [1.54, 1.807) is 12.1 Å². The summed E-state index contributed by atoms with van der Waals surface area (Å²) in [6.07, 6.45) is 1.20. The number of hydrogen-bond acceptors (Lipinski definition) is 3. The van der Waals surface area contributed by atoms with Crippen molar-refractivity contribution in [3.8, 4) is 0 Å². The molecule has 1 saturated carbocycles. The third-order valence-corrected chi connectivity index (χ3v) is 6.91. The highest BCUT2D eigenvalue weighted by Crippen LogP contribution is 2.41. The molecule has 0 N–H and O–H groups in total. The Bertz CT molecular complexity index is 1190. The van der Waals surface area contributed by atoms with Crippen LogP contribution in [0.1, 0.15) is 98.5 Å². The summed E-state index contributed by atoms with van der Waals surface area (Å²) in [5, 5.41) is 3.70. The Labute approximate surface area is 208 Å². The standard InChI is InChI=1S/C28H35F3N2O/c1-3-22-17-24(11-12-25(22)18-33-14-7-15-33)20(2)32-34-19-21-10-13-26(23-8-5-4-6-9-23)27(16-21)28(29,30)31/h10-13,16-17,23H,3-9,14-15,18-19H2,1-2H3/b32-20+/i2D3,19D2. The summed E-state index contributed by atoms with van der Waals surface area (Å²) in [6, 6.07) is 8.58. The van der Waals surface area contributed by atoms with Crippen LogP contribution in [0.5, 0.6) is 0 Å². The summed E-state index contributed by atoms with van der Waals surface area (Å²) in [5.41, 5.74) is 0.753. The number of rotatable bonds is 8. The minimum atomic E-state index is -4.67. The van der Waals surface area contributed by atoms with Crippen LogP contribution in [0.15, 0.2) is 41.6 Å². The van der Waals surface area contributed by atoms with Gasteiger partial charge in [0.25, 0.3) is 0 Å². The van der Waals surface area contributed by atoms with Crippen molar-refractivity contribution >= 4 is 5.71 Å². The lowest BCUT2D eigenvalue weighted by atomic mass is 9.81. The van der Waals surface area contributed by atoms with Gasteiger partial charge in [0.1, 0.15) is 6.56 Å². The monoisotopic (exact) mass is 477 g/mol. The van der Waals surface area contributed by atoms with E-state index in [9.17, 15) is 13.2 Å². The molecule has 1 heterocycles. The molecule has 2 aromatic carbocycles. The molecule has 2 aliphatic rings. The maximum Gasteiger partial charge on any atom is 0.416 e. The van der Waals surface area contributed by atoms with E-state index in [4.69, 9.17) is 11.7 Å². The van der Waals surface area contributed by atoms with Gasteiger partial charge >= 0.3 is 6.18 Å². The number of benzene rings is 2. The Morgan fingerprint density at radius 2 is 1.88 bits per heavy atom. The molecule has 0 radical (unpaired) electrons. The lowest BCUT2D eigenvalue weighted by Gasteiger charge is -2.31. The largest absolute Gasteiger partial charge is 0.416 e. The molecular weight excluding hydrogens is 437 g/mol. The van der Waals surface area contributed by atoms with E-state index in [-0.39, 0.29) is 22.6 Å². The third kappa shape index (κ3) is 6.01. The smallest absolute Gasteiger partial charge is 0.391 e. The Morgan fingerprint density at radius 3 is 2.53 bits per heavy atom. The van der Waals surface area contributed by atoms with E-state index in [2.05, 4.69) is 10.1 Å². The zero-order chi connectivity index (χ0) is 28.4. The van der Waals surface area contributed by atoms with Crippen molar-refractivity contribution in [1.29, 1.82) is 0 Å². The Hall–Kier alpha value is -2.34. The van der Waals surface area contributed by atoms with Crippen LogP contribution in [0.4, 0.5) is 13.2 Å². The Morgan fingerprint density at radius 1 is 1.09 bits per heavy atom. The summed E-state index contributed by atoms with van der Waals surface area (Å²) >= 11 is 0. The molecule has 0 amide bonds. The minimum Gasteiger partial charge on any atom is -0.391 e. The number of nitrogens with zero attached hydrogens (tertiary/aromatic N) is 2. The number of oxime groups is 1. The Kier molecular flexibility index (Phi) is 6.09. The van der Waals surface area contributed by atoms with E-state index < -0.39 is 30.9 Å². The van der Waals surface area contributed by atoms with Crippen LogP contribution in [0.25, 0.3) is 0 Å². The summed E-state index contributed by atoms with van der Waals surface area (Å²) in [5.74, 6) is -0.229. The minimum absolute atomic E-state index is 0.166. The molecule has 0 unspecified atom stereocenters. The van der Waals surface area contributed by atoms with Gasteiger partial charge in [0.2, 0.25) is 0 Å². The van der Waals surface area contributed by atoms with Crippen molar-refractivity contribution in [2.45, 2.75) is 83.9 Å². The van der Waals surface area contributed by atoms with Gasteiger partial charge in [-0.3, -0.25) is 4.90 Å². The highest BCUT2D eigenvalue weighted by Gasteiger charge is 2.35. The molecule has 0 atom stereocenters. The van der Waals surface area contributed by atoms with Gasteiger partial charge in [-0.15, -0.1) is 0 Å². The molecule has 1 saturated heterocycles. The zero-order valence-electron chi connectivity index (χ0n) is 24.5. The third-order valence-electron chi connectivity index (χ3n) is 6.91. The zero-order valence-corrected chi connectivity index (χ0v) is 19.5. The van der Waals surface area contributed by atoms with Crippen molar-refractivity contribution in [2.24, 2.45) is 5.16 Å². The second-order valence-corrected chi connectivity index (χ2v) is 9.23. The van der Waals surface area contributed by atoms with Crippen LogP contribution >= 0.6 is 0 Å². The molecule has 6 heteroatoms. The molecule has 1 aliphatic heterocycles. The number of alkyl halides is 3. The fourth-order valence-corrected chi connectivity index (χ4v) is 4.85. The van der Waals surface area contributed by atoms with Crippen LogP contribution < -0.4 is 0 Å². The SMILES string of the molecule is [2H]C([2H])([2H])/C(=N\OC([2H])([2H])c1ccc(C2CCCCC2)c(C(F)(F)F)c1)c1ccc(CN2CCC2)c(CC)c1. The van der Waals surface area contributed by atoms with Gasteiger partial charge in [0, 0.05) is 10.7 Å². The summed E-state index contributed by atoms with van der Waals surface area (Å²) in [4.78, 5) is 7.38. The summed E-state index contributed by atoms with van der Waals surface area (Å²) in [7, 11) is 0. The normalized spacial score (nSPS) is 21.1. The maximum atomic E-state index is 14.0. The van der Waals surface area contributed by atoms with Gasteiger partial charge in [0.15, 0.2) is 0 Å². The van der Waals surface area contributed by atoms with E-state index in [0.717, 1.165) is 62.5 Å². The first kappa shape index (κ1) is 18.9. The van der Waals surface area contributed by atoms with E-state index in [1.165, 1.54) is 12.1 Å². The van der Waals surface area contributed by atoms with Crippen LogP contribution in [0, 0.1) is 0 Å². The molecule has 184 valence electrons. The van der Waals surface area contributed by atoms with Gasteiger partial charge < -0.3 is 4.84 Å². The van der Waals surface area contributed by atoms with Crippen molar-refractivity contribution < 1.29 is 24.9 Å². The molecule has 34 heavy (non-hydrogen) atoms. The predicted octanol–water partition coefficient (Wildman–Crippen LogP) is 7.46. The summed E-state index contributed by atoms with van der Waals surface area (Å²) in [6.45, 7) is -0.744. The first-order valence-corrected chi connectivity index (χ1v) is 12.1. The van der Waals surface area contributed by atoms with Crippen LogP contribution in [-0.2, 0) is 30.5 Å². The average molecular weight is 478 g/mol. The van der Waals surface area contributed by atoms with Crippen LogP contribution in [-0.4, -0.2) is 23.7 Å². The molecule has 1 aliphatic carbocycles. The maximum absolute atomic E-state index is 14.0. The van der Waals surface area contributed by atoms with Crippen molar-refractivity contribution in [2.75, 3.05) is 13.1 Å². The van der Waals surface area contributed by atoms with Crippen LogP contribution in [0.3, 0.4) is 0 Å². The van der Waals surface area contributed by atoms with E-state index in [1.807, 2.05) is 13.0 Å². The highest BCUT2D eigenvalue weighted by atomic mass is 19.4. The van der Waals surface area contributed by atoms with Crippen molar-refractivity contribution in [1.82, 2.24) is 4.90 Å². The fourth-order valence-electron chi connectivity index (χ4n) is 4.85. The fraction of sp³-hybridized carbons (Fsp3) is 0.536. The Balaban J connectivity index is 1.63. The molecule has 3 nitrogen and oxygen atoms in total. The van der Waals surface area contributed by atoms with E-state index >= 15 is 0 Å². The lowest BCUT2D eigenvalue weighted by molar-refractivity contribution is -0.138. The first-order valence-electron chi connectivity index (χ1n) is 14.6. The first-order chi connectivity index (χ1) is 18.3. The topological polar surface area (TPSA) is 24.8 Å². The number of aryl methyl sites for hydroxylation is 1. The molecule has 0 bridgehead atoms. The molecule has 2 aromatic rings. The summed E-state index contributed by atoms with van der Waals surface area (Å²) < 4.78 is 82.6. The number of likely N-dealkylation sites (tertiary alicyclic amines) is 1. The van der Waals surface area contributed by atoms with E-state index in [0.29, 0.717) is 19.3 Å². The molecule has 4 rings (SSSR count).